The summed E-state index contributed by atoms with van der Waals surface area (Å²) in [5.41, 5.74) is 1.23. The highest BCUT2D eigenvalue weighted by atomic mass is 32.2. The van der Waals surface area contributed by atoms with Gasteiger partial charge in [-0.2, -0.15) is 4.31 Å². The van der Waals surface area contributed by atoms with E-state index in [1.807, 2.05) is 7.05 Å². The van der Waals surface area contributed by atoms with Gasteiger partial charge in [0.1, 0.15) is 0 Å². The van der Waals surface area contributed by atoms with Crippen LogP contribution in [0.15, 0.2) is 0 Å². The van der Waals surface area contributed by atoms with E-state index in [9.17, 15) is 8.42 Å². The standard InChI is InChI=1S/C13H22N4O2S2/c1-14-10-4-3-5-11-12(10)20-13(15-11)16-6-8-17(9-7-16)21(2,18)19/h10,14H,3-9H2,1-2H3. The van der Waals surface area contributed by atoms with Crippen molar-refractivity contribution in [3.8, 4) is 0 Å². The first kappa shape index (κ1) is 15.2. The Hall–Kier alpha value is -0.700. The van der Waals surface area contributed by atoms with E-state index in [0.29, 0.717) is 19.1 Å². The van der Waals surface area contributed by atoms with Gasteiger partial charge in [-0.15, -0.1) is 0 Å². The molecule has 0 radical (unpaired) electrons. The summed E-state index contributed by atoms with van der Waals surface area (Å²) in [5, 5.41) is 4.42. The third-order valence-corrected chi connectivity index (χ3v) is 6.84. The maximum absolute atomic E-state index is 11.6. The largest absolute Gasteiger partial charge is 0.345 e. The number of nitrogens with zero attached hydrogens (tertiary/aromatic N) is 3. The summed E-state index contributed by atoms with van der Waals surface area (Å²) in [4.78, 5) is 8.38. The highest BCUT2D eigenvalue weighted by molar-refractivity contribution is 7.88. The number of aryl methyl sites for hydroxylation is 1. The van der Waals surface area contributed by atoms with Crippen molar-refractivity contribution in [1.82, 2.24) is 14.6 Å². The summed E-state index contributed by atoms with van der Waals surface area (Å²) in [6, 6.07) is 0.428. The van der Waals surface area contributed by atoms with Crippen LogP contribution in [0.25, 0.3) is 0 Å². The van der Waals surface area contributed by atoms with Gasteiger partial charge in [0.2, 0.25) is 10.0 Å². The number of piperazine rings is 1. The van der Waals surface area contributed by atoms with E-state index in [2.05, 4.69) is 10.2 Å². The Bertz CT molecular complexity index is 606. The van der Waals surface area contributed by atoms with Gasteiger partial charge >= 0.3 is 0 Å². The molecule has 3 rings (SSSR count). The molecule has 2 aliphatic rings. The van der Waals surface area contributed by atoms with Gasteiger partial charge in [-0.25, -0.2) is 13.4 Å². The molecule has 1 fully saturated rings. The second-order valence-corrected chi connectivity index (χ2v) is 8.68. The Kier molecular flexibility index (Phi) is 4.22. The molecule has 1 aromatic heterocycles. The molecule has 2 heterocycles. The minimum Gasteiger partial charge on any atom is -0.345 e. The minimum atomic E-state index is -3.07. The molecule has 0 aromatic carbocycles. The normalized spacial score (nSPS) is 24.1. The molecule has 8 heteroatoms. The van der Waals surface area contributed by atoms with Crippen molar-refractivity contribution in [2.45, 2.75) is 25.3 Å². The molecule has 1 aromatic rings. The van der Waals surface area contributed by atoms with Crippen LogP contribution >= 0.6 is 11.3 Å². The molecule has 118 valence electrons. The predicted octanol–water partition coefficient (Wildman–Crippen LogP) is 0.822. The zero-order valence-electron chi connectivity index (χ0n) is 12.5. The lowest BCUT2D eigenvalue weighted by Crippen LogP contribution is -2.48. The first-order valence-electron chi connectivity index (χ1n) is 7.36. The zero-order chi connectivity index (χ0) is 15.0. The lowest BCUT2D eigenvalue weighted by molar-refractivity contribution is 0.388. The molecule has 0 bridgehead atoms. The van der Waals surface area contributed by atoms with Crippen LogP contribution in [0, 0.1) is 0 Å². The molecule has 0 saturated carbocycles. The van der Waals surface area contributed by atoms with Crippen molar-refractivity contribution >= 4 is 26.5 Å². The third kappa shape index (κ3) is 3.08. The SMILES string of the molecule is CNC1CCCc2nc(N3CCN(S(C)(=O)=O)CC3)sc21. The van der Waals surface area contributed by atoms with Gasteiger partial charge in [-0.05, 0) is 26.3 Å². The van der Waals surface area contributed by atoms with Crippen molar-refractivity contribution in [3.05, 3.63) is 10.6 Å². The van der Waals surface area contributed by atoms with Crippen LogP contribution in [0.5, 0.6) is 0 Å². The molecule has 6 nitrogen and oxygen atoms in total. The van der Waals surface area contributed by atoms with Crippen molar-refractivity contribution in [1.29, 1.82) is 0 Å². The quantitative estimate of drug-likeness (QED) is 0.889. The maximum Gasteiger partial charge on any atom is 0.211 e. The van der Waals surface area contributed by atoms with Crippen molar-refractivity contribution in [2.24, 2.45) is 0 Å². The molecule has 1 aliphatic carbocycles. The Morgan fingerprint density at radius 1 is 1.29 bits per heavy atom. The highest BCUT2D eigenvalue weighted by Gasteiger charge is 2.28. The summed E-state index contributed by atoms with van der Waals surface area (Å²) in [6.45, 7) is 2.56. The van der Waals surface area contributed by atoms with Crippen LogP contribution in [-0.4, -0.2) is 57.2 Å². The molecular weight excluding hydrogens is 308 g/mol. The van der Waals surface area contributed by atoms with Crippen LogP contribution in [0.4, 0.5) is 5.13 Å². The van der Waals surface area contributed by atoms with Crippen LogP contribution in [0.3, 0.4) is 0 Å². The van der Waals surface area contributed by atoms with E-state index < -0.39 is 10.0 Å². The second-order valence-electron chi connectivity index (χ2n) is 5.69. The maximum atomic E-state index is 11.6. The van der Waals surface area contributed by atoms with E-state index in [4.69, 9.17) is 4.98 Å². The molecule has 1 N–H and O–H groups in total. The number of hydrogen-bond acceptors (Lipinski definition) is 6. The third-order valence-electron chi connectivity index (χ3n) is 4.27. The fourth-order valence-electron chi connectivity index (χ4n) is 3.03. The molecule has 0 spiro atoms. The van der Waals surface area contributed by atoms with Gasteiger partial charge in [0.05, 0.1) is 11.9 Å². The average Bonchev–Trinajstić information content (AvgIpc) is 2.90. The number of thiazole rings is 1. The van der Waals surface area contributed by atoms with Gasteiger partial charge in [0, 0.05) is 37.1 Å². The van der Waals surface area contributed by atoms with E-state index in [-0.39, 0.29) is 0 Å². The number of hydrogen-bond donors (Lipinski definition) is 1. The summed E-state index contributed by atoms with van der Waals surface area (Å²) in [5.74, 6) is 0. The van der Waals surface area contributed by atoms with Crippen molar-refractivity contribution < 1.29 is 8.42 Å². The summed E-state index contributed by atoms with van der Waals surface area (Å²) in [6.07, 6.45) is 4.70. The van der Waals surface area contributed by atoms with Crippen LogP contribution in [-0.2, 0) is 16.4 Å². The van der Waals surface area contributed by atoms with Gasteiger partial charge in [0.25, 0.3) is 0 Å². The number of fused-ring (bicyclic) bond motifs is 1. The van der Waals surface area contributed by atoms with E-state index in [1.165, 1.54) is 29.7 Å². The summed E-state index contributed by atoms with van der Waals surface area (Å²) < 4.78 is 24.7. The summed E-state index contributed by atoms with van der Waals surface area (Å²) in [7, 11) is -1.06. The Morgan fingerprint density at radius 3 is 2.62 bits per heavy atom. The fraction of sp³-hybridized carbons (Fsp3) is 0.769. The predicted molar refractivity (Wildman–Crippen MR) is 85.5 cm³/mol. The molecule has 1 saturated heterocycles. The Balaban J connectivity index is 1.73. The lowest BCUT2D eigenvalue weighted by Gasteiger charge is -2.33. The minimum absolute atomic E-state index is 0.428. The van der Waals surface area contributed by atoms with E-state index in [1.54, 1.807) is 15.6 Å². The van der Waals surface area contributed by atoms with Gasteiger partial charge < -0.3 is 10.2 Å². The number of anilines is 1. The van der Waals surface area contributed by atoms with E-state index >= 15 is 0 Å². The smallest absolute Gasteiger partial charge is 0.211 e. The molecule has 1 aliphatic heterocycles. The monoisotopic (exact) mass is 330 g/mol. The van der Waals surface area contributed by atoms with Crippen LogP contribution in [0.1, 0.15) is 29.5 Å². The first-order chi connectivity index (χ1) is 9.99. The molecule has 1 atom stereocenters. The van der Waals surface area contributed by atoms with Crippen LogP contribution in [0.2, 0.25) is 0 Å². The number of aromatic nitrogens is 1. The fourth-order valence-corrected chi connectivity index (χ4v) is 5.16. The van der Waals surface area contributed by atoms with Gasteiger partial charge in [0.15, 0.2) is 5.13 Å². The van der Waals surface area contributed by atoms with Gasteiger partial charge in [-0.1, -0.05) is 11.3 Å². The molecular formula is C13H22N4O2S2. The average molecular weight is 330 g/mol. The van der Waals surface area contributed by atoms with Crippen molar-refractivity contribution in [2.75, 3.05) is 44.4 Å². The van der Waals surface area contributed by atoms with Crippen LogP contribution < -0.4 is 10.2 Å². The summed E-state index contributed by atoms with van der Waals surface area (Å²) >= 11 is 1.77. The number of sulfonamides is 1. The molecule has 1 unspecified atom stereocenters. The van der Waals surface area contributed by atoms with Gasteiger partial charge in [-0.3, -0.25) is 0 Å². The lowest BCUT2D eigenvalue weighted by atomic mass is 9.98. The number of nitrogens with one attached hydrogen (secondary N) is 1. The number of rotatable bonds is 3. The van der Waals surface area contributed by atoms with E-state index in [0.717, 1.165) is 24.6 Å². The highest BCUT2D eigenvalue weighted by Crippen LogP contribution is 2.37. The first-order valence-corrected chi connectivity index (χ1v) is 10.0. The zero-order valence-corrected chi connectivity index (χ0v) is 14.1. The molecule has 0 amide bonds. The van der Waals surface area contributed by atoms with Crippen molar-refractivity contribution in [3.63, 3.8) is 0 Å². The topological polar surface area (TPSA) is 65.5 Å². The Labute approximate surface area is 130 Å². The Morgan fingerprint density at radius 2 is 2.00 bits per heavy atom. The molecule has 21 heavy (non-hydrogen) atoms. The second kappa shape index (κ2) is 5.83.